The number of carbonyl (C=O) groups is 2. The summed E-state index contributed by atoms with van der Waals surface area (Å²) < 4.78 is 6.72. The number of thiophene rings is 2. The maximum absolute atomic E-state index is 12.8. The van der Waals surface area contributed by atoms with Crippen molar-refractivity contribution in [1.82, 2.24) is 9.80 Å². The minimum Gasteiger partial charge on any atom is -0.368 e. The molecule has 2 aromatic heterocycles. The van der Waals surface area contributed by atoms with Crippen LogP contribution in [0.4, 0.5) is 0 Å². The van der Waals surface area contributed by atoms with Crippen molar-refractivity contribution in [3.05, 3.63) is 21.9 Å². The normalized spacial score (nSPS) is 21.2. The molecule has 4 heterocycles. The molecule has 0 aliphatic carbocycles. The van der Waals surface area contributed by atoms with E-state index >= 15 is 0 Å². The lowest BCUT2D eigenvalue weighted by molar-refractivity contribution is -0.142. The Hall–Kier alpha value is -1.44. The summed E-state index contributed by atoms with van der Waals surface area (Å²) in [5.74, 6) is 0.184. The van der Waals surface area contributed by atoms with Gasteiger partial charge < -0.3 is 14.5 Å². The standard InChI is InChI=1S/C18H22N2O3S2/c1-2-13-10-12-11-15(25-18(12)24-13)17(22)20-7-5-19(6-8-20)16(21)14-4-3-9-23-14/h10-11,14H,2-9H2,1H3. The highest BCUT2D eigenvalue weighted by Gasteiger charge is 2.31. The molecule has 5 nitrogen and oxygen atoms in total. The van der Waals surface area contributed by atoms with Gasteiger partial charge in [-0.25, -0.2) is 0 Å². The Bertz CT molecular complexity index is 752. The number of hydrogen-bond donors (Lipinski definition) is 0. The second-order valence-electron chi connectivity index (χ2n) is 6.54. The van der Waals surface area contributed by atoms with E-state index in [-0.39, 0.29) is 17.9 Å². The monoisotopic (exact) mass is 378 g/mol. The molecule has 2 aliphatic rings. The first kappa shape index (κ1) is 17.0. The summed E-state index contributed by atoms with van der Waals surface area (Å²) in [5.41, 5.74) is 0. The van der Waals surface area contributed by atoms with Crippen LogP contribution < -0.4 is 0 Å². The molecule has 0 spiro atoms. The van der Waals surface area contributed by atoms with E-state index in [4.69, 9.17) is 4.74 Å². The van der Waals surface area contributed by atoms with Gasteiger partial charge in [0, 0.05) is 43.0 Å². The molecule has 0 aromatic carbocycles. The molecule has 134 valence electrons. The van der Waals surface area contributed by atoms with Crippen LogP contribution in [0.3, 0.4) is 0 Å². The average molecular weight is 379 g/mol. The van der Waals surface area contributed by atoms with Crippen molar-refractivity contribution in [1.29, 1.82) is 0 Å². The largest absolute Gasteiger partial charge is 0.368 e. The van der Waals surface area contributed by atoms with Gasteiger partial charge in [0.15, 0.2) is 0 Å². The molecule has 0 radical (unpaired) electrons. The van der Waals surface area contributed by atoms with Gasteiger partial charge in [-0.3, -0.25) is 9.59 Å². The molecule has 0 bridgehead atoms. The van der Waals surface area contributed by atoms with Crippen LogP contribution in [0, 0.1) is 0 Å². The number of aryl methyl sites for hydroxylation is 1. The van der Waals surface area contributed by atoms with Crippen LogP contribution in [0.25, 0.3) is 9.40 Å². The van der Waals surface area contributed by atoms with E-state index in [1.54, 1.807) is 22.7 Å². The van der Waals surface area contributed by atoms with Gasteiger partial charge in [-0.15, -0.1) is 22.7 Å². The average Bonchev–Trinajstić information content (AvgIpc) is 3.36. The third kappa shape index (κ3) is 3.32. The highest BCUT2D eigenvalue weighted by Crippen LogP contribution is 2.34. The zero-order valence-corrected chi connectivity index (χ0v) is 16.0. The Kier molecular flexibility index (Phi) is 4.80. The molecule has 25 heavy (non-hydrogen) atoms. The predicted octanol–water partition coefficient (Wildman–Crippen LogP) is 2.99. The number of ether oxygens (including phenoxy) is 1. The maximum atomic E-state index is 12.8. The molecule has 4 rings (SSSR count). The number of carbonyl (C=O) groups excluding carboxylic acids is 2. The van der Waals surface area contributed by atoms with Gasteiger partial charge in [0.2, 0.25) is 0 Å². The molecule has 2 aromatic rings. The highest BCUT2D eigenvalue weighted by molar-refractivity contribution is 7.39. The van der Waals surface area contributed by atoms with E-state index in [0.717, 1.165) is 24.1 Å². The molecular weight excluding hydrogens is 356 g/mol. The van der Waals surface area contributed by atoms with E-state index in [1.165, 1.54) is 14.3 Å². The smallest absolute Gasteiger partial charge is 0.264 e. The van der Waals surface area contributed by atoms with Crippen molar-refractivity contribution in [2.45, 2.75) is 32.3 Å². The summed E-state index contributed by atoms with van der Waals surface area (Å²) in [6, 6.07) is 4.20. The van der Waals surface area contributed by atoms with Gasteiger partial charge >= 0.3 is 0 Å². The first-order chi connectivity index (χ1) is 12.2. The van der Waals surface area contributed by atoms with Gasteiger partial charge in [-0.05, 0) is 31.4 Å². The Morgan fingerprint density at radius 3 is 2.56 bits per heavy atom. The summed E-state index contributed by atoms with van der Waals surface area (Å²) in [6.45, 7) is 5.24. The fourth-order valence-electron chi connectivity index (χ4n) is 3.43. The Labute approximate surface area is 155 Å². The highest BCUT2D eigenvalue weighted by atomic mass is 32.2. The molecule has 2 amide bonds. The van der Waals surface area contributed by atoms with Crippen LogP contribution in [0.1, 0.15) is 34.3 Å². The maximum Gasteiger partial charge on any atom is 0.264 e. The van der Waals surface area contributed by atoms with Crippen molar-refractivity contribution < 1.29 is 14.3 Å². The summed E-state index contributed by atoms with van der Waals surface area (Å²) in [4.78, 5) is 31.0. The van der Waals surface area contributed by atoms with Gasteiger partial charge in [-0.1, -0.05) is 6.92 Å². The lowest BCUT2D eigenvalue weighted by Gasteiger charge is -2.35. The molecule has 2 saturated heterocycles. The summed E-state index contributed by atoms with van der Waals surface area (Å²) in [7, 11) is 0. The van der Waals surface area contributed by atoms with E-state index in [9.17, 15) is 9.59 Å². The second kappa shape index (κ2) is 7.05. The van der Waals surface area contributed by atoms with Crippen molar-refractivity contribution in [2.24, 2.45) is 0 Å². The number of piperazine rings is 1. The lowest BCUT2D eigenvalue weighted by Crippen LogP contribution is -2.52. The van der Waals surface area contributed by atoms with Crippen LogP contribution in [-0.2, 0) is 16.0 Å². The van der Waals surface area contributed by atoms with Crippen molar-refractivity contribution in [2.75, 3.05) is 32.8 Å². The fourth-order valence-corrected chi connectivity index (χ4v) is 5.83. The van der Waals surface area contributed by atoms with Crippen molar-refractivity contribution in [3.63, 3.8) is 0 Å². The molecule has 0 saturated carbocycles. The molecule has 1 atom stereocenters. The summed E-state index contributed by atoms with van der Waals surface area (Å²) in [6.07, 6.45) is 2.56. The minimum absolute atomic E-state index is 0.0910. The topological polar surface area (TPSA) is 49.9 Å². The van der Waals surface area contributed by atoms with Gasteiger partial charge in [0.05, 0.1) is 8.89 Å². The summed E-state index contributed by atoms with van der Waals surface area (Å²) in [5, 5.41) is 1.18. The quantitative estimate of drug-likeness (QED) is 0.825. The molecule has 2 fully saturated rings. The summed E-state index contributed by atoms with van der Waals surface area (Å²) >= 11 is 3.37. The zero-order valence-electron chi connectivity index (χ0n) is 14.3. The van der Waals surface area contributed by atoms with E-state index in [0.29, 0.717) is 32.8 Å². The van der Waals surface area contributed by atoms with E-state index < -0.39 is 0 Å². The second-order valence-corrected chi connectivity index (χ2v) is 8.99. The third-order valence-electron chi connectivity index (χ3n) is 4.91. The van der Waals surface area contributed by atoms with Gasteiger partial charge in [0.1, 0.15) is 6.10 Å². The van der Waals surface area contributed by atoms with Crippen molar-refractivity contribution in [3.8, 4) is 0 Å². The first-order valence-corrected chi connectivity index (χ1v) is 10.5. The van der Waals surface area contributed by atoms with Gasteiger partial charge in [-0.2, -0.15) is 0 Å². The molecule has 7 heteroatoms. The molecule has 0 N–H and O–H groups in total. The predicted molar refractivity (Wildman–Crippen MR) is 101 cm³/mol. The minimum atomic E-state index is -0.265. The van der Waals surface area contributed by atoms with Crippen LogP contribution in [0.15, 0.2) is 12.1 Å². The number of hydrogen-bond acceptors (Lipinski definition) is 5. The first-order valence-electron chi connectivity index (χ1n) is 8.87. The molecule has 2 aliphatic heterocycles. The number of rotatable bonds is 3. The van der Waals surface area contributed by atoms with Crippen molar-refractivity contribution >= 4 is 43.9 Å². The Morgan fingerprint density at radius 2 is 1.92 bits per heavy atom. The fraction of sp³-hybridized carbons (Fsp3) is 0.556. The van der Waals surface area contributed by atoms with Crippen LogP contribution in [0.5, 0.6) is 0 Å². The van der Waals surface area contributed by atoms with Crippen LogP contribution in [0.2, 0.25) is 0 Å². The number of amides is 2. The van der Waals surface area contributed by atoms with E-state index in [2.05, 4.69) is 13.0 Å². The van der Waals surface area contributed by atoms with Crippen LogP contribution in [-0.4, -0.2) is 60.5 Å². The van der Waals surface area contributed by atoms with Gasteiger partial charge in [0.25, 0.3) is 11.8 Å². The molecule has 1 unspecified atom stereocenters. The third-order valence-corrected chi connectivity index (χ3v) is 7.43. The number of nitrogens with zero attached hydrogens (tertiary/aromatic N) is 2. The lowest BCUT2D eigenvalue weighted by atomic mass is 10.2. The Balaban J connectivity index is 1.38. The SMILES string of the molecule is CCc1cc2cc(C(=O)N3CCN(C(=O)C4CCCO4)CC3)sc2s1. The number of fused-ring (bicyclic) bond motifs is 1. The zero-order chi connectivity index (χ0) is 17.4. The molecular formula is C18H22N2O3S2. The Morgan fingerprint density at radius 1 is 1.16 bits per heavy atom. The van der Waals surface area contributed by atoms with Crippen LogP contribution >= 0.6 is 22.7 Å². The van der Waals surface area contributed by atoms with E-state index in [1.807, 2.05) is 15.9 Å².